The van der Waals surface area contributed by atoms with Gasteiger partial charge in [0.15, 0.2) is 0 Å². The van der Waals surface area contributed by atoms with Crippen molar-refractivity contribution < 1.29 is 9.31 Å². The molecule has 100 valence electrons. The Balaban J connectivity index is 3.15. The number of nitrogens with one attached hydrogen (secondary N) is 1. The second kappa shape index (κ2) is 5.65. The van der Waals surface area contributed by atoms with Crippen LogP contribution in [0.4, 0.5) is 15.8 Å². The van der Waals surface area contributed by atoms with Crippen molar-refractivity contribution in [2.45, 2.75) is 39.2 Å². The molecule has 0 saturated carbocycles. The van der Waals surface area contributed by atoms with E-state index in [2.05, 4.69) is 21.2 Å². The topological polar surface area (TPSA) is 55.2 Å². The average molecular weight is 319 g/mol. The lowest BCUT2D eigenvalue weighted by Crippen LogP contribution is -2.30. The second-order valence-electron chi connectivity index (χ2n) is 4.80. The van der Waals surface area contributed by atoms with Gasteiger partial charge in [0.2, 0.25) is 0 Å². The predicted octanol–water partition coefficient (Wildman–Crippen LogP) is 4.49. The zero-order valence-corrected chi connectivity index (χ0v) is 12.2. The minimum atomic E-state index is -0.638. The van der Waals surface area contributed by atoms with Gasteiger partial charge in [-0.2, -0.15) is 0 Å². The second-order valence-corrected chi connectivity index (χ2v) is 5.65. The summed E-state index contributed by atoms with van der Waals surface area (Å²) in [6, 6.07) is 2.33. The number of hydrogen-bond donors (Lipinski definition) is 1. The van der Waals surface area contributed by atoms with Gasteiger partial charge in [-0.25, -0.2) is 4.39 Å². The molecule has 0 fully saturated rings. The number of benzene rings is 1. The lowest BCUT2D eigenvalue weighted by molar-refractivity contribution is -0.384. The number of halogens is 2. The van der Waals surface area contributed by atoms with E-state index in [0.717, 1.165) is 18.9 Å². The Morgan fingerprint density at radius 1 is 1.50 bits per heavy atom. The smallest absolute Gasteiger partial charge is 0.295 e. The normalized spacial score (nSPS) is 11.4. The van der Waals surface area contributed by atoms with Crippen molar-refractivity contribution in [1.29, 1.82) is 0 Å². The first kappa shape index (κ1) is 14.9. The highest BCUT2D eigenvalue weighted by atomic mass is 79.9. The molecular formula is C12H16BrFN2O2. The Morgan fingerprint density at radius 2 is 2.11 bits per heavy atom. The Kier molecular flexibility index (Phi) is 4.67. The zero-order chi connectivity index (χ0) is 13.9. The maximum absolute atomic E-state index is 13.3. The molecular weight excluding hydrogens is 303 g/mol. The van der Waals surface area contributed by atoms with Crippen molar-refractivity contribution in [2.24, 2.45) is 0 Å². The molecule has 6 heteroatoms. The van der Waals surface area contributed by atoms with E-state index in [-0.39, 0.29) is 15.7 Å². The summed E-state index contributed by atoms with van der Waals surface area (Å²) in [7, 11) is 0. The van der Waals surface area contributed by atoms with Crippen molar-refractivity contribution in [3.05, 3.63) is 32.5 Å². The van der Waals surface area contributed by atoms with Crippen LogP contribution in [-0.4, -0.2) is 10.5 Å². The molecule has 0 spiro atoms. The fraction of sp³-hybridized carbons (Fsp3) is 0.500. The van der Waals surface area contributed by atoms with E-state index in [1.807, 2.05) is 20.8 Å². The van der Waals surface area contributed by atoms with Crippen molar-refractivity contribution >= 4 is 27.3 Å². The standard InChI is InChI=1S/C12H16BrFN2O2/c1-4-5-12(2,3)15-10-6-8(13)9(14)7-11(10)16(17)18/h6-7,15H,4-5H2,1-3H3. The number of rotatable bonds is 5. The van der Waals surface area contributed by atoms with Gasteiger partial charge in [-0.3, -0.25) is 10.1 Å². The van der Waals surface area contributed by atoms with E-state index in [9.17, 15) is 14.5 Å². The van der Waals surface area contributed by atoms with E-state index < -0.39 is 10.7 Å². The third-order valence-electron chi connectivity index (χ3n) is 2.58. The molecule has 0 unspecified atom stereocenters. The van der Waals surface area contributed by atoms with Gasteiger partial charge >= 0.3 is 0 Å². The van der Waals surface area contributed by atoms with E-state index in [1.54, 1.807) is 0 Å². The lowest BCUT2D eigenvalue weighted by Gasteiger charge is -2.27. The van der Waals surface area contributed by atoms with Crippen molar-refractivity contribution in [2.75, 3.05) is 5.32 Å². The summed E-state index contributed by atoms with van der Waals surface area (Å²) in [6.07, 6.45) is 1.81. The molecule has 0 bridgehead atoms. The number of hydrogen-bond acceptors (Lipinski definition) is 3. The van der Waals surface area contributed by atoms with Crippen LogP contribution >= 0.6 is 15.9 Å². The molecule has 0 aromatic heterocycles. The molecule has 0 aliphatic rings. The molecule has 1 rings (SSSR count). The molecule has 0 radical (unpaired) electrons. The van der Waals surface area contributed by atoms with Crippen LogP contribution in [0.5, 0.6) is 0 Å². The van der Waals surface area contributed by atoms with Gasteiger partial charge in [0.25, 0.3) is 5.69 Å². The largest absolute Gasteiger partial charge is 0.375 e. The SMILES string of the molecule is CCCC(C)(C)Nc1cc(Br)c(F)cc1[N+](=O)[O-]. The van der Waals surface area contributed by atoms with E-state index in [4.69, 9.17) is 0 Å². The number of anilines is 1. The molecule has 1 aromatic carbocycles. The third kappa shape index (κ3) is 3.66. The van der Waals surface area contributed by atoms with E-state index >= 15 is 0 Å². The molecule has 0 heterocycles. The highest BCUT2D eigenvalue weighted by Gasteiger charge is 2.23. The van der Waals surface area contributed by atoms with Crippen molar-refractivity contribution in [1.82, 2.24) is 0 Å². The minimum absolute atomic E-state index is 0.211. The van der Waals surface area contributed by atoms with Gasteiger partial charge in [-0.15, -0.1) is 0 Å². The predicted molar refractivity (Wildman–Crippen MR) is 73.4 cm³/mol. The molecule has 0 aliphatic heterocycles. The van der Waals surface area contributed by atoms with Gasteiger partial charge in [-0.1, -0.05) is 13.3 Å². The fourth-order valence-electron chi connectivity index (χ4n) is 1.84. The van der Waals surface area contributed by atoms with Crippen LogP contribution in [0.2, 0.25) is 0 Å². The first-order valence-electron chi connectivity index (χ1n) is 5.68. The Labute approximate surface area is 114 Å². The molecule has 1 N–H and O–H groups in total. The van der Waals surface area contributed by atoms with Crippen molar-refractivity contribution in [3.63, 3.8) is 0 Å². The van der Waals surface area contributed by atoms with Gasteiger partial charge < -0.3 is 5.32 Å². The van der Waals surface area contributed by atoms with Crippen LogP contribution in [-0.2, 0) is 0 Å². The van der Waals surface area contributed by atoms with Crippen LogP contribution in [0.3, 0.4) is 0 Å². The van der Waals surface area contributed by atoms with Crippen LogP contribution in [0, 0.1) is 15.9 Å². The monoisotopic (exact) mass is 318 g/mol. The average Bonchev–Trinajstić information content (AvgIpc) is 2.22. The first-order chi connectivity index (χ1) is 8.26. The third-order valence-corrected chi connectivity index (χ3v) is 3.19. The van der Waals surface area contributed by atoms with Gasteiger partial charge in [0.05, 0.1) is 15.5 Å². The molecule has 0 atom stereocenters. The van der Waals surface area contributed by atoms with Gasteiger partial charge in [-0.05, 0) is 42.3 Å². The molecule has 0 saturated heterocycles. The molecule has 18 heavy (non-hydrogen) atoms. The highest BCUT2D eigenvalue weighted by molar-refractivity contribution is 9.10. The van der Waals surface area contributed by atoms with Crippen LogP contribution in [0.15, 0.2) is 16.6 Å². The number of nitro benzene ring substituents is 1. The van der Waals surface area contributed by atoms with Crippen LogP contribution in [0.1, 0.15) is 33.6 Å². The van der Waals surface area contributed by atoms with Gasteiger partial charge in [0.1, 0.15) is 11.5 Å². The maximum Gasteiger partial charge on any atom is 0.295 e. The van der Waals surface area contributed by atoms with E-state index in [0.29, 0.717) is 5.69 Å². The van der Waals surface area contributed by atoms with Crippen molar-refractivity contribution in [3.8, 4) is 0 Å². The lowest BCUT2D eigenvalue weighted by atomic mass is 9.98. The summed E-state index contributed by atoms with van der Waals surface area (Å²) < 4.78 is 13.5. The fourth-order valence-corrected chi connectivity index (χ4v) is 2.18. The first-order valence-corrected chi connectivity index (χ1v) is 6.48. The van der Waals surface area contributed by atoms with Crippen LogP contribution < -0.4 is 5.32 Å². The summed E-state index contributed by atoms with van der Waals surface area (Å²) in [6.45, 7) is 5.95. The number of nitro groups is 1. The summed E-state index contributed by atoms with van der Waals surface area (Å²) in [4.78, 5) is 10.3. The van der Waals surface area contributed by atoms with Crippen LogP contribution in [0.25, 0.3) is 0 Å². The highest BCUT2D eigenvalue weighted by Crippen LogP contribution is 2.33. The Morgan fingerprint density at radius 3 is 2.61 bits per heavy atom. The summed E-state index contributed by atoms with van der Waals surface area (Å²) in [5.74, 6) is -0.638. The summed E-state index contributed by atoms with van der Waals surface area (Å²) in [5, 5.41) is 14.0. The summed E-state index contributed by atoms with van der Waals surface area (Å²) >= 11 is 3.04. The Hall–Kier alpha value is -1.17. The van der Waals surface area contributed by atoms with Gasteiger partial charge in [0, 0.05) is 5.54 Å². The zero-order valence-electron chi connectivity index (χ0n) is 10.6. The maximum atomic E-state index is 13.3. The number of nitrogens with zero attached hydrogens (tertiary/aromatic N) is 1. The molecule has 4 nitrogen and oxygen atoms in total. The molecule has 0 aliphatic carbocycles. The molecule has 1 aromatic rings. The quantitative estimate of drug-likeness (QED) is 0.643. The van der Waals surface area contributed by atoms with E-state index in [1.165, 1.54) is 6.07 Å². The summed E-state index contributed by atoms with van der Waals surface area (Å²) in [5.41, 5.74) is -0.205. The Bertz CT molecular complexity index is 464. The molecule has 0 amide bonds. The minimum Gasteiger partial charge on any atom is -0.375 e.